The lowest BCUT2D eigenvalue weighted by Gasteiger charge is -2.36. The third-order valence-corrected chi connectivity index (χ3v) is 4.03. The summed E-state index contributed by atoms with van der Waals surface area (Å²) in [4.78, 5) is 2.58. The van der Waals surface area contributed by atoms with E-state index >= 15 is 0 Å². The molecular formula is C16H26N2O. The molecule has 1 aromatic rings. The third-order valence-electron chi connectivity index (χ3n) is 4.03. The monoisotopic (exact) mass is 262 g/mol. The molecule has 1 aliphatic heterocycles. The van der Waals surface area contributed by atoms with Crippen LogP contribution in [0.15, 0.2) is 24.3 Å². The maximum atomic E-state index is 9.50. The molecule has 0 saturated carbocycles. The summed E-state index contributed by atoms with van der Waals surface area (Å²) in [6.07, 6.45) is 3.84. The summed E-state index contributed by atoms with van der Waals surface area (Å²) in [5.74, 6) is 1.02. The average Bonchev–Trinajstić information content (AvgIpc) is 2.39. The zero-order valence-electron chi connectivity index (χ0n) is 12.1. The van der Waals surface area contributed by atoms with E-state index in [-0.39, 0.29) is 0 Å². The van der Waals surface area contributed by atoms with Gasteiger partial charge in [-0.2, -0.15) is 0 Å². The zero-order valence-corrected chi connectivity index (χ0v) is 12.1. The van der Waals surface area contributed by atoms with Crippen molar-refractivity contribution in [2.45, 2.75) is 39.2 Å². The Bertz CT molecular complexity index is 392. The molecule has 19 heavy (non-hydrogen) atoms. The molecule has 106 valence electrons. The first-order chi connectivity index (χ1) is 9.19. The van der Waals surface area contributed by atoms with Crippen LogP contribution in [-0.2, 0) is 0 Å². The van der Waals surface area contributed by atoms with Gasteiger partial charge in [-0.25, -0.2) is 0 Å². The van der Waals surface area contributed by atoms with Crippen LogP contribution in [-0.4, -0.2) is 35.7 Å². The smallest absolute Gasteiger partial charge is 0.117 e. The van der Waals surface area contributed by atoms with Crippen molar-refractivity contribution in [3.05, 3.63) is 24.3 Å². The minimum Gasteiger partial charge on any atom is -0.508 e. The molecule has 0 bridgehead atoms. The second kappa shape index (κ2) is 6.80. The van der Waals surface area contributed by atoms with Crippen LogP contribution in [0.4, 0.5) is 5.69 Å². The number of phenols is 1. The fourth-order valence-corrected chi connectivity index (χ4v) is 3.00. The van der Waals surface area contributed by atoms with E-state index in [0.717, 1.165) is 5.69 Å². The first kappa shape index (κ1) is 14.2. The quantitative estimate of drug-likeness (QED) is 0.854. The maximum Gasteiger partial charge on any atom is 0.117 e. The van der Waals surface area contributed by atoms with Crippen LogP contribution in [0.3, 0.4) is 0 Å². The molecule has 1 heterocycles. The molecule has 1 aromatic carbocycles. The van der Waals surface area contributed by atoms with E-state index in [0.29, 0.717) is 17.7 Å². The Hall–Kier alpha value is -1.22. The summed E-state index contributed by atoms with van der Waals surface area (Å²) < 4.78 is 0. The zero-order chi connectivity index (χ0) is 13.7. The highest BCUT2D eigenvalue weighted by atomic mass is 16.3. The highest BCUT2D eigenvalue weighted by Gasteiger charge is 2.24. The first-order valence-corrected chi connectivity index (χ1v) is 7.47. The largest absolute Gasteiger partial charge is 0.508 e. The molecule has 0 radical (unpaired) electrons. The number of hydrogen-bond donors (Lipinski definition) is 2. The number of aromatic hydroxyl groups is 1. The molecule has 1 fully saturated rings. The summed E-state index contributed by atoms with van der Waals surface area (Å²) in [6, 6.07) is 7.85. The van der Waals surface area contributed by atoms with Crippen LogP contribution in [0.5, 0.6) is 5.75 Å². The van der Waals surface area contributed by atoms with Crippen LogP contribution in [0.25, 0.3) is 0 Å². The van der Waals surface area contributed by atoms with Gasteiger partial charge in [0, 0.05) is 24.3 Å². The van der Waals surface area contributed by atoms with Crippen LogP contribution < -0.4 is 5.32 Å². The fourth-order valence-electron chi connectivity index (χ4n) is 3.00. The lowest BCUT2D eigenvalue weighted by molar-refractivity contribution is 0.165. The van der Waals surface area contributed by atoms with Gasteiger partial charge in [-0.15, -0.1) is 0 Å². The summed E-state index contributed by atoms with van der Waals surface area (Å²) in [5.41, 5.74) is 1.01. The number of piperidine rings is 1. The molecule has 1 saturated heterocycles. The Morgan fingerprint density at radius 2 is 2.32 bits per heavy atom. The number of nitrogens with zero attached hydrogens (tertiary/aromatic N) is 1. The lowest BCUT2D eigenvalue weighted by Crippen LogP contribution is -2.42. The molecule has 3 heteroatoms. The van der Waals surface area contributed by atoms with Crippen LogP contribution in [0.2, 0.25) is 0 Å². The van der Waals surface area contributed by atoms with Gasteiger partial charge in [0.1, 0.15) is 5.75 Å². The molecule has 3 nitrogen and oxygen atoms in total. The van der Waals surface area contributed by atoms with Gasteiger partial charge >= 0.3 is 0 Å². The summed E-state index contributed by atoms with van der Waals surface area (Å²) >= 11 is 0. The molecule has 0 aromatic heterocycles. The first-order valence-electron chi connectivity index (χ1n) is 7.47. The third kappa shape index (κ3) is 4.13. The van der Waals surface area contributed by atoms with Crippen LogP contribution in [0, 0.1) is 5.92 Å². The minimum atomic E-state index is 0.327. The molecule has 0 aliphatic carbocycles. The maximum absolute atomic E-state index is 9.50. The van der Waals surface area contributed by atoms with E-state index in [1.807, 2.05) is 12.1 Å². The summed E-state index contributed by atoms with van der Waals surface area (Å²) in [6.45, 7) is 8.17. The predicted molar refractivity (Wildman–Crippen MR) is 80.6 cm³/mol. The molecule has 0 spiro atoms. The van der Waals surface area contributed by atoms with Crippen molar-refractivity contribution in [3.63, 3.8) is 0 Å². The van der Waals surface area contributed by atoms with Crippen LogP contribution in [0.1, 0.15) is 33.1 Å². The van der Waals surface area contributed by atoms with Crippen LogP contribution >= 0.6 is 0 Å². The van der Waals surface area contributed by atoms with Gasteiger partial charge < -0.3 is 15.3 Å². The van der Waals surface area contributed by atoms with Crippen molar-refractivity contribution in [1.82, 2.24) is 4.90 Å². The Balaban J connectivity index is 1.90. The molecule has 2 atom stereocenters. The molecule has 2 rings (SSSR count). The van der Waals surface area contributed by atoms with Gasteiger partial charge in [-0.1, -0.05) is 13.0 Å². The predicted octanol–water partition coefficient (Wildman–Crippen LogP) is 3.31. The van der Waals surface area contributed by atoms with Crippen molar-refractivity contribution in [3.8, 4) is 5.75 Å². The fraction of sp³-hybridized carbons (Fsp3) is 0.625. The van der Waals surface area contributed by atoms with E-state index in [1.165, 1.54) is 38.9 Å². The Kier molecular flexibility index (Phi) is 5.08. The number of benzene rings is 1. The Labute approximate surface area is 116 Å². The van der Waals surface area contributed by atoms with E-state index < -0.39 is 0 Å². The standard InChI is InChI=1S/C16H26N2O/c1-3-9-18-10-5-6-14(12-18)13(2)17-15-7-4-8-16(19)11-15/h4,7-8,11,13-14,17,19H,3,5-6,9-10,12H2,1-2H3. The second-order valence-electron chi connectivity index (χ2n) is 5.69. The topological polar surface area (TPSA) is 35.5 Å². The highest BCUT2D eigenvalue weighted by molar-refractivity contribution is 5.48. The van der Waals surface area contributed by atoms with Gasteiger partial charge in [0.2, 0.25) is 0 Å². The average molecular weight is 262 g/mol. The summed E-state index contributed by atoms with van der Waals surface area (Å²) in [5, 5.41) is 13.0. The molecule has 1 aliphatic rings. The van der Waals surface area contributed by atoms with E-state index in [9.17, 15) is 5.11 Å². The van der Waals surface area contributed by atoms with Crippen molar-refractivity contribution in [2.75, 3.05) is 25.0 Å². The molecule has 0 amide bonds. The SMILES string of the molecule is CCCN1CCCC(C(C)Nc2cccc(O)c2)C1. The van der Waals surface area contributed by atoms with Crippen molar-refractivity contribution < 1.29 is 5.11 Å². The van der Waals surface area contributed by atoms with Gasteiger partial charge in [0.05, 0.1) is 0 Å². The van der Waals surface area contributed by atoms with Crippen molar-refractivity contribution in [2.24, 2.45) is 5.92 Å². The van der Waals surface area contributed by atoms with Gasteiger partial charge in [-0.3, -0.25) is 0 Å². The number of rotatable bonds is 5. The summed E-state index contributed by atoms with van der Waals surface area (Å²) in [7, 11) is 0. The molecular weight excluding hydrogens is 236 g/mol. The number of likely N-dealkylation sites (tertiary alicyclic amines) is 1. The van der Waals surface area contributed by atoms with Crippen molar-refractivity contribution in [1.29, 1.82) is 0 Å². The van der Waals surface area contributed by atoms with Gasteiger partial charge in [0.25, 0.3) is 0 Å². The number of phenolic OH excluding ortho intramolecular Hbond substituents is 1. The van der Waals surface area contributed by atoms with E-state index in [2.05, 4.69) is 24.1 Å². The second-order valence-corrected chi connectivity index (χ2v) is 5.69. The Morgan fingerprint density at radius 3 is 3.05 bits per heavy atom. The number of anilines is 1. The van der Waals surface area contributed by atoms with E-state index in [4.69, 9.17) is 0 Å². The lowest BCUT2D eigenvalue weighted by atomic mass is 9.91. The van der Waals surface area contributed by atoms with Gasteiger partial charge in [0.15, 0.2) is 0 Å². The minimum absolute atomic E-state index is 0.327. The Morgan fingerprint density at radius 1 is 1.47 bits per heavy atom. The van der Waals surface area contributed by atoms with Gasteiger partial charge in [-0.05, 0) is 57.3 Å². The van der Waals surface area contributed by atoms with E-state index in [1.54, 1.807) is 12.1 Å². The molecule has 2 unspecified atom stereocenters. The normalized spacial score (nSPS) is 22.1. The highest BCUT2D eigenvalue weighted by Crippen LogP contribution is 2.23. The number of nitrogens with one attached hydrogen (secondary N) is 1. The molecule has 2 N–H and O–H groups in total. The number of hydrogen-bond acceptors (Lipinski definition) is 3. The van der Waals surface area contributed by atoms with Crippen molar-refractivity contribution >= 4 is 5.69 Å².